The van der Waals surface area contributed by atoms with E-state index in [9.17, 15) is 0 Å². The Kier molecular flexibility index (Phi) is 7.80. The molecule has 7 nitrogen and oxygen atoms in total. The van der Waals surface area contributed by atoms with E-state index in [2.05, 4.69) is 34.2 Å². The number of rotatable bonds is 7. The summed E-state index contributed by atoms with van der Waals surface area (Å²) in [6, 6.07) is 6.37. The molecule has 0 bridgehead atoms. The number of methoxy groups -OCH3 is 2. The van der Waals surface area contributed by atoms with E-state index in [4.69, 9.17) is 19.2 Å². The quantitative estimate of drug-likeness (QED) is 0.569. The van der Waals surface area contributed by atoms with Crippen LogP contribution in [0.3, 0.4) is 0 Å². The number of morpholine rings is 1. The molecule has 0 spiro atoms. The van der Waals surface area contributed by atoms with Crippen molar-refractivity contribution < 1.29 is 14.2 Å². The lowest BCUT2D eigenvalue weighted by Gasteiger charge is -2.34. The lowest BCUT2D eigenvalue weighted by atomic mass is 10.0. The summed E-state index contributed by atoms with van der Waals surface area (Å²) in [4.78, 5) is 9.85. The first-order chi connectivity index (χ1) is 13.8. The Labute approximate surface area is 168 Å². The largest absolute Gasteiger partial charge is 0.493 e. The molecule has 2 aliphatic rings. The van der Waals surface area contributed by atoms with Crippen molar-refractivity contribution in [3.05, 3.63) is 23.8 Å². The first-order valence-electron chi connectivity index (χ1n) is 10.3. The summed E-state index contributed by atoms with van der Waals surface area (Å²) in [6.45, 7) is 9.24. The molecule has 1 aromatic carbocycles. The zero-order valence-electron chi connectivity index (χ0n) is 17.4. The van der Waals surface area contributed by atoms with Crippen molar-refractivity contribution >= 4 is 5.96 Å². The predicted molar refractivity (Wildman–Crippen MR) is 111 cm³/mol. The van der Waals surface area contributed by atoms with E-state index in [1.54, 1.807) is 14.2 Å². The number of hydrogen-bond donors (Lipinski definition) is 1. The number of nitrogens with one attached hydrogen (secondary N) is 1. The summed E-state index contributed by atoms with van der Waals surface area (Å²) in [5.41, 5.74) is 1.19. The maximum Gasteiger partial charge on any atom is 0.193 e. The number of benzene rings is 1. The third-order valence-electron chi connectivity index (χ3n) is 5.43. The summed E-state index contributed by atoms with van der Waals surface area (Å²) in [5, 5.41) is 3.46. The smallest absolute Gasteiger partial charge is 0.193 e. The van der Waals surface area contributed by atoms with Gasteiger partial charge in [0.25, 0.3) is 0 Å². The minimum atomic E-state index is 0.181. The Bertz CT molecular complexity index is 641. The minimum absolute atomic E-state index is 0.181. The van der Waals surface area contributed by atoms with Gasteiger partial charge >= 0.3 is 0 Å². The Morgan fingerprint density at radius 1 is 1.11 bits per heavy atom. The van der Waals surface area contributed by atoms with Crippen molar-refractivity contribution in [1.82, 2.24) is 15.1 Å². The van der Waals surface area contributed by atoms with E-state index >= 15 is 0 Å². The van der Waals surface area contributed by atoms with Crippen LogP contribution in [0.2, 0.25) is 0 Å². The second-order valence-electron chi connectivity index (χ2n) is 7.17. The third kappa shape index (κ3) is 5.08. The summed E-state index contributed by atoms with van der Waals surface area (Å²) in [6.07, 6.45) is 2.49. The van der Waals surface area contributed by atoms with Crippen LogP contribution in [0.5, 0.6) is 11.5 Å². The van der Waals surface area contributed by atoms with Gasteiger partial charge in [-0.15, -0.1) is 0 Å². The van der Waals surface area contributed by atoms with E-state index in [0.29, 0.717) is 6.54 Å². The van der Waals surface area contributed by atoms with Crippen molar-refractivity contribution in [2.75, 3.05) is 66.7 Å². The fraction of sp³-hybridized carbons (Fsp3) is 0.667. The highest BCUT2D eigenvalue weighted by Gasteiger charge is 2.24. The second kappa shape index (κ2) is 10.5. The molecule has 0 saturated carbocycles. The van der Waals surface area contributed by atoms with E-state index in [1.807, 2.05) is 6.07 Å². The van der Waals surface area contributed by atoms with Gasteiger partial charge in [-0.2, -0.15) is 0 Å². The fourth-order valence-corrected chi connectivity index (χ4v) is 3.91. The molecular formula is C21H34N4O3. The van der Waals surface area contributed by atoms with Gasteiger partial charge in [-0.05, 0) is 37.5 Å². The molecule has 7 heteroatoms. The topological polar surface area (TPSA) is 58.6 Å². The van der Waals surface area contributed by atoms with Crippen LogP contribution in [0.4, 0.5) is 0 Å². The number of ether oxygens (including phenoxy) is 3. The Morgan fingerprint density at radius 2 is 1.82 bits per heavy atom. The zero-order valence-corrected chi connectivity index (χ0v) is 17.4. The van der Waals surface area contributed by atoms with Crippen molar-refractivity contribution in [3.63, 3.8) is 0 Å². The van der Waals surface area contributed by atoms with Crippen LogP contribution in [-0.4, -0.2) is 82.5 Å². The van der Waals surface area contributed by atoms with Crippen LogP contribution in [0.25, 0.3) is 0 Å². The molecule has 0 amide bonds. The molecule has 1 unspecified atom stereocenters. The van der Waals surface area contributed by atoms with E-state index in [0.717, 1.165) is 63.4 Å². The van der Waals surface area contributed by atoms with Crippen molar-refractivity contribution in [2.45, 2.75) is 25.8 Å². The van der Waals surface area contributed by atoms with Crippen molar-refractivity contribution in [1.29, 1.82) is 0 Å². The molecular weight excluding hydrogens is 356 g/mol. The molecule has 2 saturated heterocycles. The van der Waals surface area contributed by atoms with E-state index in [-0.39, 0.29) is 6.04 Å². The van der Waals surface area contributed by atoms with Crippen LogP contribution in [0, 0.1) is 0 Å². The number of nitrogens with zero attached hydrogens (tertiary/aromatic N) is 3. The first-order valence-corrected chi connectivity index (χ1v) is 10.3. The van der Waals surface area contributed by atoms with Gasteiger partial charge < -0.3 is 24.4 Å². The average Bonchev–Trinajstić information content (AvgIpc) is 3.28. The summed E-state index contributed by atoms with van der Waals surface area (Å²) in [5.74, 6) is 2.54. The zero-order chi connectivity index (χ0) is 19.8. The minimum Gasteiger partial charge on any atom is -0.493 e. The normalized spacial score (nSPS) is 19.5. The Hall–Kier alpha value is -1.99. The molecule has 1 aromatic rings. The monoisotopic (exact) mass is 390 g/mol. The lowest BCUT2D eigenvalue weighted by Crippen LogP contribution is -2.42. The van der Waals surface area contributed by atoms with Gasteiger partial charge in [-0.1, -0.05) is 6.07 Å². The number of guanidine groups is 1. The Balaban J connectivity index is 1.85. The number of likely N-dealkylation sites (tertiary alicyclic amines) is 1. The third-order valence-corrected chi connectivity index (χ3v) is 5.43. The molecule has 0 radical (unpaired) electrons. The van der Waals surface area contributed by atoms with Gasteiger partial charge in [0.15, 0.2) is 17.5 Å². The van der Waals surface area contributed by atoms with Gasteiger partial charge in [0.2, 0.25) is 0 Å². The molecule has 0 aromatic heterocycles. The van der Waals surface area contributed by atoms with Crippen LogP contribution < -0.4 is 14.8 Å². The highest BCUT2D eigenvalue weighted by Crippen LogP contribution is 2.32. The van der Waals surface area contributed by atoms with Gasteiger partial charge in [-0.3, -0.25) is 9.89 Å². The van der Waals surface area contributed by atoms with Crippen molar-refractivity contribution in [3.8, 4) is 11.5 Å². The van der Waals surface area contributed by atoms with Crippen LogP contribution in [0.15, 0.2) is 23.2 Å². The maximum absolute atomic E-state index is 5.57. The standard InChI is InChI=1S/C21H34N4O3/c1-4-22-21(25-9-5-6-10-25)23-16-18(24-11-13-28-14-12-24)17-7-8-19(26-2)20(15-17)27-3/h7-8,15,18H,4-6,9-14,16H2,1-3H3,(H,22,23). The molecule has 1 atom stereocenters. The van der Waals surface area contributed by atoms with E-state index < -0.39 is 0 Å². The number of hydrogen-bond acceptors (Lipinski definition) is 5. The summed E-state index contributed by atoms with van der Waals surface area (Å²) < 4.78 is 16.5. The molecule has 3 rings (SSSR count). The summed E-state index contributed by atoms with van der Waals surface area (Å²) in [7, 11) is 3.35. The fourth-order valence-electron chi connectivity index (χ4n) is 3.91. The van der Waals surface area contributed by atoms with Gasteiger partial charge in [-0.25, -0.2) is 0 Å². The van der Waals surface area contributed by atoms with Gasteiger partial charge in [0.05, 0.1) is 40.0 Å². The first kappa shape index (κ1) is 20.7. The Morgan fingerprint density at radius 3 is 2.46 bits per heavy atom. The highest BCUT2D eigenvalue weighted by atomic mass is 16.5. The molecule has 2 fully saturated rings. The molecule has 2 heterocycles. The summed E-state index contributed by atoms with van der Waals surface area (Å²) >= 11 is 0. The van der Waals surface area contributed by atoms with Crippen LogP contribution in [0.1, 0.15) is 31.4 Å². The SMILES string of the molecule is CCNC(=NCC(c1ccc(OC)c(OC)c1)N1CCOCC1)N1CCCC1. The molecule has 2 aliphatic heterocycles. The van der Waals surface area contributed by atoms with Crippen molar-refractivity contribution in [2.24, 2.45) is 4.99 Å². The maximum atomic E-state index is 5.57. The average molecular weight is 391 g/mol. The molecule has 156 valence electrons. The lowest BCUT2D eigenvalue weighted by molar-refractivity contribution is 0.0179. The molecule has 1 N–H and O–H groups in total. The molecule has 0 aliphatic carbocycles. The predicted octanol–water partition coefficient (Wildman–Crippen LogP) is 2.14. The highest BCUT2D eigenvalue weighted by molar-refractivity contribution is 5.80. The second-order valence-corrected chi connectivity index (χ2v) is 7.17. The van der Waals surface area contributed by atoms with Gasteiger partial charge in [0, 0.05) is 32.7 Å². The van der Waals surface area contributed by atoms with Gasteiger partial charge in [0.1, 0.15) is 0 Å². The van der Waals surface area contributed by atoms with Crippen LogP contribution in [-0.2, 0) is 4.74 Å². The number of aliphatic imine (C=N–C) groups is 1. The van der Waals surface area contributed by atoms with Crippen LogP contribution >= 0.6 is 0 Å². The van der Waals surface area contributed by atoms with E-state index in [1.165, 1.54) is 18.4 Å². The molecule has 28 heavy (non-hydrogen) atoms.